The number of halogens is 3. The number of benzene rings is 2. The largest absolute Gasteiger partial charge is 0.385 e. The van der Waals surface area contributed by atoms with Crippen LogP contribution in [0.4, 0.5) is 8.78 Å². The average Bonchev–Trinajstić information content (AvgIpc) is 2.34. The molecular formula is C15H13F2IO. The predicted molar refractivity (Wildman–Crippen MR) is 78.8 cm³/mol. The van der Waals surface area contributed by atoms with Crippen LogP contribution in [0.1, 0.15) is 18.1 Å². The lowest BCUT2D eigenvalue weighted by atomic mass is 9.89. The van der Waals surface area contributed by atoms with Crippen molar-refractivity contribution in [3.8, 4) is 0 Å². The maximum atomic E-state index is 13.6. The normalized spacial score (nSPS) is 14.2. The molecule has 0 amide bonds. The summed E-state index contributed by atoms with van der Waals surface area (Å²) in [6, 6.07) is 10.6. The Labute approximate surface area is 124 Å². The van der Waals surface area contributed by atoms with Crippen LogP contribution in [0.25, 0.3) is 0 Å². The fourth-order valence-corrected chi connectivity index (χ4v) is 2.32. The third-order valence-corrected chi connectivity index (χ3v) is 3.73. The van der Waals surface area contributed by atoms with Gasteiger partial charge in [0.05, 0.1) is 5.60 Å². The average molecular weight is 374 g/mol. The summed E-state index contributed by atoms with van der Waals surface area (Å²) in [7, 11) is 0. The summed E-state index contributed by atoms with van der Waals surface area (Å²) in [5.74, 6) is -1.01. The maximum absolute atomic E-state index is 13.6. The highest BCUT2D eigenvalue weighted by Gasteiger charge is 2.25. The van der Waals surface area contributed by atoms with Crippen LogP contribution in [0.5, 0.6) is 0 Å². The van der Waals surface area contributed by atoms with Gasteiger partial charge in [-0.1, -0.05) is 12.1 Å². The fraction of sp³-hybridized carbons (Fsp3) is 0.200. The molecule has 0 heterocycles. The highest BCUT2D eigenvalue weighted by atomic mass is 127. The van der Waals surface area contributed by atoms with Crippen molar-refractivity contribution in [2.75, 3.05) is 0 Å². The summed E-state index contributed by atoms with van der Waals surface area (Å²) in [5.41, 5.74) is -0.390. The third-order valence-electron chi connectivity index (χ3n) is 3.01. The Morgan fingerprint density at radius 1 is 1.11 bits per heavy atom. The van der Waals surface area contributed by atoms with Crippen LogP contribution >= 0.6 is 22.6 Å². The molecule has 4 heteroatoms. The molecule has 0 radical (unpaired) electrons. The van der Waals surface area contributed by atoms with E-state index < -0.39 is 17.2 Å². The molecule has 0 spiro atoms. The molecule has 1 atom stereocenters. The van der Waals surface area contributed by atoms with E-state index in [1.165, 1.54) is 0 Å². The molecular weight excluding hydrogens is 361 g/mol. The highest BCUT2D eigenvalue weighted by molar-refractivity contribution is 14.1. The van der Waals surface area contributed by atoms with E-state index >= 15 is 0 Å². The Balaban J connectivity index is 2.30. The SMILES string of the molecule is CC(O)(Cc1cc(F)ccc1F)c1ccc(I)cc1. The number of hydrogen-bond acceptors (Lipinski definition) is 1. The smallest absolute Gasteiger partial charge is 0.126 e. The van der Waals surface area contributed by atoms with E-state index in [0.29, 0.717) is 5.56 Å². The first-order valence-electron chi connectivity index (χ1n) is 5.81. The molecule has 1 nitrogen and oxygen atoms in total. The fourth-order valence-electron chi connectivity index (χ4n) is 1.96. The first-order valence-corrected chi connectivity index (χ1v) is 6.89. The summed E-state index contributed by atoms with van der Waals surface area (Å²) in [4.78, 5) is 0. The van der Waals surface area contributed by atoms with Crippen molar-refractivity contribution in [1.29, 1.82) is 0 Å². The standard InChI is InChI=1S/C15H13F2IO/c1-15(19,11-2-5-13(18)6-3-11)9-10-8-12(16)4-7-14(10)17/h2-8,19H,9H2,1H3. The van der Waals surface area contributed by atoms with Gasteiger partial charge in [-0.3, -0.25) is 0 Å². The molecule has 2 aromatic rings. The summed E-state index contributed by atoms with van der Waals surface area (Å²) < 4.78 is 27.8. The summed E-state index contributed by atoms with van der Waals surface area (Å²) in [6.07, 6.45) is 0.0250. The molecule has 0 saturated carbocycles. The van der Waals surface area contributed by atoms with Gasteiger partial charge in [0.15, 0.2) is 0 Å². The van der Waals surface area contributed by atoms with Crippen molar-refractivity contribution in [3.63, 3.8) is 0 Å². The van der Waals surface area contributed by atoms with Crippen LogP contribution < -0.4 is 0 Å². The second-order valence-corrected chi connectivity index (χ2v) is 5.94. The Morgan fingerprint density at radius 2 is 1.74 bits per heavy atom. The minimum absolute atomic E-state index is 0.0250. The Morgan fingerprint density at radius 3 is 2.37 bits per heavy atom. The van der Waals surface area contributed by atoms with Crippen LogP contribution in [0.3, 0.4) is 0 Å². The molecule has 0 aliphatic carbocycles. The molecule has 2 rings (SSSR count). The van der Waals surface area contributed by atoms with Crippen molar-refractivity contribution < 1.29 is 13.9 Å². The lowest BCUT2D eigenvalue weighted by Gasteiger charge is -2.24. The molecule has 0 aliphatic rings. The number of aliphatic hydroxyl groups is 1. The Bertz CT molecular complexity index is 579. The van der Waals surface area contributed by atoms with Gasteiger partial charge >= 0.3 is 0 Å². The molecule has 2 aromatic carbocycles. The maximum Gasteiger partial charge on any atom is 0.126 e. The monoisotopic (exact) mass is 374 g/mol. The second-order valence-electron chi connectivity index (χ2n) is 4.69. The second kappa shape index (κ2) is 5.54. The van der Waals surface area contributed by atoms with Gasteiger partial charge in [0, 0.05) is 9.99 Å². The predicted octanol–water partition coefficient (Wildman–Crippen LogP) is 4.02. The van der Waals surface area contributed by atoms with Gasteiger partial charge < -0.3 is 5.11 Å². The highest BCUT2D eigenvalue weighted by Crippen LogP contribution is 2.27. The van der Waals surface area contributed by atoms with E-state index in [0.717, 1.165) is 21.8 Å². The van der Waals surface area contributed by atoms with Crippen molar-refractivity contribution in [1.82, 2.24) is 0 Å². The molecule has 1 N–H and O–H groups in total. The van der Waals surface area contributed by atoms with Gasteiger partial charge in [0.25, 0.3) is 0 Å². The van der Waals surface area contributed by atoms with E-state index in [1.807, 2.05) is 12.1 Å². The topological polar surface area (TPSA) is 20.2 Å². The zero-order valence-electron chi connectivity index (χ0n) is 10.3. The van der Waals surface area contributed by atoms with Gasteiger partial charge in [-0.05, 0) is 71.0 Å². The van der Waals surface area contributed by atoms with E-state index in [-0.39, 0.29) is 12.0 Å². The van der Waals surface area contributed by atoms with Crippen molar-refractivity contribution >= 4 is 22.6 Å². The van der Waals surface area contributed by atoms with E-state index in [1.54, 1.807) is 19.1 Å². The van der Waals surface area contributed by atoms with Gasteiger partial charge in [0.1, 0.15) is 11.6 Å². The zero-order valence-corrected chi connectivity index (χ0v) is 12.5. The quantitative estimate of drug-likeness (QED) is 0.805. The first kappa shape index (κ1) is 14.4. The van der Waals surface area contributed by atoms with Crippen LogP contribution in [-0.2, 0) is 12.0 Å². The van der Waals surface area contributed by atoms with Crippen LogP contribution in [0.15, 0.2) is 42.5 Å². The van der Waals surface area contributed by atoms with E-state index in [9.17, 15) is 13.9 Å². The van der Waals surface area contributed by atoms with Gasteiger partial charge in [-0.25, -0.2) is 8.78 Å². The molecule has 0 aliphatic heterocycles. The minimum atomic E-state index is -1.24. The zero-order chi connectivity index (χ0) is 14.0. The molecule has 0 bridgehead atoms. The molecule has 100 valence electrons. The minimum Gasteiger partial charge on any atom is -0.385 e. The molecule has 1 unspecified atom stereocenters. The van der Waals surface area contributed by atoms with Crippen LogP contribution in [0.2, 0.25) is 0 Å². The molecule has 0 saturated heterocycles. The third kappa shape index (κ3) is 3.51. The summed E-state index contributed by atoms with van der Waals surface area (Å²) in [6.45, 7) is 1.60. The summed E-state index contributed by atoms with van der Waals surface area (Å²) >= 11 is 2.17. The van der Waals surface area contributed by atoms with Crippen molar-refractivity contribution in [2.24, 2.45) is 0 Å². The van der Waals surface area contributed by atoms with E-state index in [2.05, 4.69) is 22.6 Å². The Hall–Kier alpha value is -1.01. The van der Waals surface area contributed by atoms with Gasteiger partial charge in [-0.2, -0.15) is 0 Å². The molecule has 0 aromatic heterocycles. The Kier molecular flexibility index (Phi) is 4.20. The first-order chi connectivity index (χ1) is 8.88. The van der Waals surface area contributed by atoms with Crippen LogP contribution in [0, 0.1) is 15.2 Å². The van der Waals surface area contributed by atoms with Gasteiger partial charge in [-0.15, -0.1) is 0 Å². The molecule has 19 heavy (non-hydrogen) atoms. The lowest BCUT2D eigenvalue weighted by Crippen LogP contribution is -2.24. The van der Waals surface area contributed by atoms with Crippen molar-refractivity contribution in [2.45, 2.75) is 18.9 Å². The lowest BCUT2D eigenvalue weighted by molar-refractivity contribution is 0.0566. The van der Waals surface area contributed by atoms with Crippen LogP contribution in [-0.4, -0.2) is 5.11 Å². The van der Waals surface area contributed by atoms with E-state index in [4.69, 9.17) is 0 Å². The van der Waals surface area contributed by atoms with Crippen molar-refractivity contribution in [3.05, 3.63) is 68.8 Å². The number of hydrogen-bond donors (Lipinski definition) is 1. The van der Waals surface area contributed by atoms with Gasteiger partial charge in [0.2, 0.25) is 0 Å². The summed E-state index contributed by atoms with van der Waals surface area (Å²) in [5, 5.41) is 10.5. The number of rotatable bonds is 3. The molecule has 0 fully saturated rings.